The largest absolute Gasteiger partial charge is 0.456 e. The Morgan fingerprint density at radius 1 is 0.727 bits per heavy atom. The highest BCUT2D eigenvalue weighted by Gasteiger charge is 2.22. The van der Waals surface area contributed by atoms with Gasteiger partial charge in [-0.15, -0.1) is 0 Å². The molecule has 0 unspecified atom stereocenters. The van der Waals surface area contributed by atoms with Crippen molar-refractivity contribution in [3.8, 4) is 11.5 Å². The monoisotopic (exact) mass is 498 g/mol. The first-order valence-corrected chi connectivity index (χ1v) is 14.3. The summed E-state index contributed by atoms with van der Waals surface area (Å²) >= 11 is 0. The molecule has 0 aromatic heterocycles. The van der Waals surface area contributed by atoms with Crippen molar-refractivity contribution in [1.29, 1.82) is 0 Å². The molecule has 0 saturated carbocycles. The predicted octanol–water partition coefficient (Wildman–Crippen LogP) is 6.44. The van der Waals surface area contributed by atoms with E-state index in [4.69, 9.17) is 9.29 Å². The molecule has 184 valence electrons. The first kappa shape index (κ1) is 27.3. The predicted molar refractivity (Wildman–Crippen MR) is 128 cm³/mol. The van der Waals surface area contributed by atoms with E-state index in [9.17, 15) is 21.4 Å². The van der Waals surface area contributed by atoms with Crippen molar-refractivity contribution in [2.45, 2.75) is 87.3 Å². The van der Waals surface area contributed by atoms with Gasteiger partial charge in [0.05, 0.1) is 4.90 Å². The Morgan fingerprint density at radius 3 is 1.91 bits per heavy atom. The van der Waals surface area contributed by atoms with Gasteiger partial charge in [0, 0.05) is 0 Å². The zero-order valence-electron chi connectivity index (χ0n) is 19.1. The summed E-state index contributed by atoms with van der Waals surface area (Å²) in [5.41, 5.74) is 1.04. The van der Waals surface area contributed by atoms with E-state index < -0.39 is 30.0 Å². The fourth-order valence-electron chi connectivity index (χ4n) is 3.64. The van der Waals surface area contributed by atoms with E-state index in [1.165, 1.54) is 51.4 Å². The average molecular weight is 499 g/mol. The van der Waals surface area contributed by atoms with Crippen molar-refractivity contribution < 1.29 is 30.7 Å². The van der Waals surface area contributed by atoms with E-state index in [0.29, 0.717) is 11.8 Å². The molecule has 0 saturated heterocycles. The lowest BCUT2D eigenvalue weighted by Crippen LogP contribution is -2.05. The zero-order valence-corrected chi connectivity index (χ0v) is 20.7. The van der Waals surface area contributed by atoms with Crippen molar-refractivity contribution in [2.75, 3.05) is 0 Å². The van der Waals surface area contributed by atoms with Gasteiger partial charge < -0.3 is 4.74 Å². The molecule has 0 fully saturated rings. The Kier molecular flexibility index (Phi) is 10.8. The SMILES string of the molecule is CCCCCCCCCCCCc1cccc(Oc2ccc(S(=O)(=O)O)cc2S(=O)(=O)O)c1. The molecule has 0 bridgehead atoms. The topological polar surface area (TPSA) is 118 Å². The first-order valence-electron chi connectivity index (χ1n) is 11.5. The van der Waals surface area contributed by atoms with Crippen LogP contribution in [0.15, 0.2) is 52.3 Å². The summed E-state index contributed by atoms with van der Waals surface area (Å²) < 4.78 is 70.3. The van der Waals surface area contributed by atoms with Crippen LogP contribution < -0.4 is 4.74 Å². The molecule has 0 heterocycles. The molecule has 0 atom stereocenters. The van der Waals surface area contributed by atoms with Crippen LogP contribution in [-0.4, -0.2) is 25.9 Å². The smallest absolute Gasteiger partial charge is 0.298 e. The highest BCUT2D eigenvalue weighted by atomic mass is 32.2. The lowest BCUT2D eigenvalue weighted by molar-refractivity contribution is 0.448. The van der Waals surface area contributed by atoms with E-state index >= 15 is 0 Å². The summed E-state index contributed by atoms with van der Waals surface area (Å²) in [5, 5.41) is 0. The second-order valence-electron chi connectivity index (χ2n) is 8.24. The molecule has 33 heavy (non-hydrogen) atoms. The molecule has 2 N–H and O–H groups in total. The van der Waals surface area contributed by atoms with Gasteiger partial charge in [-0.1, -0.05) is 76.8 Å². The molecular weight excluding hydrogens is 464 g/mol. The fraction of sp³-hybridized carbons (Fsp3) is 0.500. The molecule has 2 rings (SSSR count). The van der Waals surface area contributed by atoms with Gasteiger partial charge in [0.25, 0.3) is 20.2 Å². The van der Waals surface area contributed by atoms with E-state index in [-0.39, 0.29) is 5.75 Å². The minimum Gasteiger partial charge on any atom is -0.456 e. The van der Waals surface area contributed by atoms with Crippen LogP contribution in [0.25, 0.3) is 0 Å². The van der Waals surface area contributed by atoms with Crippen molar-refractivity contribution >= 4 is 20.2 Å². The minimum atomic E-state index is -4.78. The second-order valence-corrected chi connectivity index (χ2v) is 11.1. The van der Waals surface area contributed by atoms with Crippen LogP contribution in [0.1, 0.15) is 76.7 Å². The Labute approximate surface area is 197 Å². The highest BCUT2D eigenvalue weighted by Crippen LogP contribution is 2.31. The molecule has 0 aliphatic heterocycles. The van der Waals surface area contributed by atoms with Crippen molar-refractivity contribution in [1.82, 2.24) is 0 Å². The summed E-state index contributed by atoms with van der Waals surface area (Å²) in [6, 6.07) is 9.94. The third-order valence-electron chi connectivity index (χ3n) is 5.44. The molecule has 2 aromatic rings. The summed E-state index contributed by atoms with van der Waals surface area (Å²) in [5.74, 6) is 0.130. The molecule has 7 nitrogen and oxygen atoms in total. The lowest BCUT2D eigenvalue weighted by Gasteiger charge is -2.11. The highest BCUT2D eigenvalue weighted by molar-refractivity contribution is 7.86. The van der Waals surface area contributed by atoms with Crippen LogP contribution in [0.4, 0.5) is 0 Å². The van der Waals surface area contributed by atoms with E-state index in [1.807, 2.05) is 6.07 Å². The third-order valence-corrected chi connectivity index (χ3v) is 7.16. The number of hydrogen-bond donors (Lipinski definition) is 2. The standard InChI is InChI=1S/C24H34O7S2/c1-2-3-4-5-6-7-8-9-10-11-13-20-14-12-15-21(18-20)31-23-17-16-22(32(25,26)27)19-24(23)33(28,29)30/h12,14-19H,2-11,13H2,1H3,(H,25,26,27)(H,28,29,30). The summed E-state index contributed by atoms with van der Waals surface area (Å²) in [7, 11) is -9.42. The summed E-state index contributed by atoms with van der Waals surface area (Å²) in [6.45, 7) is 2.22. The van der Waals surface area contributed by atoms with Gasteiger partial charge in [-0.3, -0.25) is 9.11 Å². The maximum Gasteiger partial charge on any atom is 0.298 e. The second kappa shape index (κ2) is 13.1. The van der Waals surface area contributed by atoms with Gasteiger partial charge in [-0.2, -0.15) is 16.8 Å². The number of rotatable bonds is 15. The van der Waals surface area contributed by atoms with Crippen molar-refractivity contribution in [3.05, 3.63) is 48.0 Å². The van der Waals surface area contributed by atoms with E-state index in [0.717, 1.165) is 37.0 Å². The van der Waals surface area contributed by atoms with Gasteiger partial charge in [-0.05, 0) is 48.7 Å². The van der Waals surface area contributed by atoms with Gasteiger partial charge in [-0.25, -0.2) is 0 Å². The quantitative estimate of drug-likeness (QED) is 0.214. The molecule has 2 aromatic carbocycles. The Bertz CT molecular complexity index is 1090. The first-order chi connectivity index (χ1) is 15.6. The van der Waals surface area contributed by atoms with E-state index in [1.54, 1.807) is 18.2 Å². The third kappa shape index (κ3) is 9.83. The van der Waals surface area contributed by atoms with Crippen LogP contribution in [0, 0.1) is 0 Å². The van der Waals surface area contributed by atoms with Crippen LogP contribution in [0.3, 0.4) is 0 Å². The van der Waals surface area contributed by atoms with Gasteiger partial charge in [0.15, 0.2) is 0 Å². The molecule has 0 aliphatic carbocycles. The van der Waals surface area contributed by atoms with Crippen LogP contribution in [0.2, 0.25) is 0 Å². The van der Waals surface area contributed by atoms with Gasteiger partial charge in [0.1, 0.15) is 16.4 Å². The number of hydrogen-bond acceptors (Lipinski definition) is 5. The summed E-state index contributed by atoms with van der Waals surface area (Å²) in [4.78, 5) is -1.39. The molecule has 9 heteroatoms. The van der Waals surface area contributed by atoms with Gasteiger partial charge in [0.2, 0.25) is 0 Å². The summed E-state index contributed by atoms with van der Waals surface area (Å²) in [6.07, 6.45) is 13.4. The number of aryl methyl sites for hydroxylation is 1. The molecule has 0 amide bonds. The van der Waals surface area contributed by atoms with Crippen LogP contribution in [-0.2, 0) is 26.7 Å². The number of benzene rings is 2. The number of ether oxygens (including phenoxy) is 1. The maximum absolute atomic E-state index is 11.7. The van der Waals surface area contributed by atoms with Crippen molar-refractivity contribution in [3.63, 3.8) is 0 Å². The lowest BCUT2D eigenvalue weighted by atomic mass is 10.0. The van der Waals surface area contributed by atoms with Gasteiger partial charge >= 0.3 is 0 Å². The van der Waals surface area contributed by atoms with Crippen molar-refractivity contribution in [2.24, 2.45) is 0 Å². The Morgan fingerprint density at radius 2 is 1.33 bits per heavy atom. The van der Waals surface area contributed by atoms with E-state index in [2.05, 4.69) is 6.92 Å². The molecule has 0 radical (unpaired) electrons. The maximum atomic E-state index is 11.7. The minimum absolute atomic E-state index is 0.235. The number of unbranched alkanes of at least 4 members (excludes halogenated alkanes) is 9. The molecule has 0 aliphatic rings. The van der Waals surface area contributed by atoms with Crippen LogP contribution in [0.5, 0.6) is 11.5 Å². The zero-order chi connectivity index (χ0) is 24.3. The van der Waals surface area contributed by atoms with Crippen LogP contribution >= 0.6 is 0 Å². The molecule has 0 spiro atoms. The fourth-order valence-corrected chi connectivity index (χ4v) is 4.86. The normalized spacial score (nSPS) is 12.1. The average Bonchev–Trinajstić information content (AvgIpc) is 2.74. The Balaban J connectivity index is 1.91. The molecular formula is C24H34O7S2. The Hall–Kier alpha value is -1.94.